The molecule has 2 heterocycles. The summed E-state index contributed by atoms with van der Waals surface area (Å²) in [5.74, 6) is 0.531. The van der Waals surface area contributed by atoms with Crippen LogP contribution in [0.1, 0.15) is 12.8 Å². The Morgan fingerprint density at radius 3 is 3.20 bits per heavy atom. The van der Waals surface area contributed by atoms with Crippen LogP contribution in [0.25, 0.3) is 0 Å². The number of hydrogen-bond acceptors (Lipinski definition) is 5. The minimum Gasteiger partial charge on any atom is -0.481 e. The van der Waals surface area contributed by atoms with Gasteiger partial charge in [-0.25, -0.2) is 4.98 Å². The van der Waals surface area contributed by atoms with Crippen LogP contribution in [0.3, 0.4) is 0 Å². The van der Waals surface area contributed by atoms with Crippen LogP contribution in [0.5, 0.6) is 11.9 Å². The van der Waals surface area contributed by atoms with Crippen molar-refractivity contribution in [1.29, 1.82) is 0 Å². The first-order chi connectivity index (χ1) is 7.38. The van der Waals surface area contributed by atoms with Gasteiger partial charge in [-0.05, 0) is 19.4 Å². The maximum absolute atomic E-state index is 5.63. The van der Waals surface area contributed by atoms with Gasteiger partial charge < -0.3 is 14.8 Å². The lowest BCUT2D eigenvalue weighted by Crippen LogP contribution is -2.37. The van der Waals surface area contributed by atoms with Crippen molar-refractivity contribution in [2.45, 2.75) is 18.9 Å². The molecule has 0 saturated carbocycles. The van der Waals surface area contributed by atoms with E-state index in [0.29, 0.717) is 11.9 Å². The summed E-state index contributed by atoms with van der Waals surface area (Å²) in [5.41, 5.74) is 0. The second-order valence-corrected chi connectivity index (χ2v) is 3.47. The molecule has 1 aliphatic heterocycles. The van der Waals surface area contributed by atoms with Crippen molar-refractivity contribution in [1.82, 2.24) is 15.3 Å². The van der Waals surface area contributed by atoms with E-state index in [-0.39, 0.29) is 6.10 Å². The molecule has 1 aromatic heterocycles. The van der Waals surface area contributed by atoms with Crippen molar-refractivity contribution in [3.05, 3.63) is 12.3 Å². The van der Waals surface area contributed by atoms with Gasteiger partial charge >= 0.3 is 6.01 Å². The first-order valence-electron chi connectivity index (χ1n) is 5.13. The summed E-state index contributed by atoms with van der Waals surface area (Å²) in [6.07, 6.45) is 3.99. The zero-order chi connectivity index (χ0) is 10.5. The Kier molecular flexibility index (Phi) is 3.34. The lowest BCUT2D eigenvalue weighted by Gasteiger charge is -2.22. The summed E-state index contributed by atoms with van der Waals surface area (Å²) in [5, 5.41) is 3.27. The van der Waals surface area contributed by atoms with E-state index in [9.17, 15) is 0 Å². The predicted octanol–water partition coefficient (Wildman–Crippen LogP) is 0.616. The molecular weight excluding hydrogens is 194 g/mol. The molecule has 15 heavy (non-hydrogen) atoms. The minimum absolute atomic E-state index is 0.172. The third-order valence-corrected chi connectivity index (χ3v) is 2.34. The van der Waals surface area contributed by atoms with Crippen LogP contribution in [-0.4, -0.2) is 36.3 Å². The molecule has 5 heteroatoms. The maximum Gasteiger partial charge on any atom is 0.319 e. The summed E-state index contributed by atoms with van der Waals surface area (Å²) < 4.78 is 10.6. The normalized spacial score (nSPS) is 21.0. The first-order valence-corrected chi connectivity index (χ1v) is 5.13. The first kappa shape index (κ1) is 10.2. The lowest BCUT2D eigenvalue weighted by atomic mass is 10.1. The van der Waals surface area contributed by atoms with Crippen LogP contribution in [0.4, 0.5) is 0 Å². The fraction of sp³-hybridized carbons (Fsp3) is 0.600. The van der Waals surface area contributed by atoms with Gasteiger partial charge in [-0.1, -0.05) is 0 Å². The van der Waals surface area contributed by atoms with Gasteiger partial charge in [0.2, 0.25) is 5.88 Å². The average Bonchev–Trinajstić information content (AvgIpc) is 2.31. The van der Waals surface area contributed by atoms with Crippen LogP contribution < -0.4 is 14.8 Å². The SMILES string of the molecule is COc1ccnc(OC2CCCNC2)n1. The number of methoxy groups -OCH3 is 1. The summed E-state index contributed by atoms with van der Waals surface area (Å²) in [7, 11) is 1.58. The van der Waals surface area contributed by atoms with Crippen molar-refractivity contribution < 1.29 is 9.47 Å². The Labute approximate surface area is 88.8 Å². The van der Waals surface area contributed by atoms with Gasteiger partial charge in [-0.2, -0.15) is 4.98 Å². The second-order valence-electron chi connectivity index (χ2n) is 3.47. The average molecular weight is 209 g/mol. The Morgan fingerprint density at radius 2 is 2.47 bits per heavy atom. The number of hydrogen-bond donors (Lipinski definition) is 1. The third-order valence-electron chi connectivity index (χ3n) is 2.34. The van der Waals surface area contributed by atoms with Gasteiger partial charge in [0.1, 0.15) is 6.10 Å². The van der Waals surface area contributed by atoms with Crippen LogP contribution in [-0.2, 0) is 0 Å². The van der Waals surface area contributed by atoms with Crippen molar-refractivity contribution in [3.63, 3.8) is 0 Å². The highest BCUT2D eigenvalue weighted by atomic mass is 16.5. The molecule has 0 spiro atoms. The number of nitrogens with one attached hydrogen (secondary N) is 1. The maximum atomic E-state index is 5.63. The van der Waals surface area contributed by atoms with Gasteiger partial charge in [0.05, 0.1) is 7.11 Å². The van der Waals surface area contributed by atoms with Crippen LogP contribution in [0.2, 0.25) is 0 Å². The Bertz CT molecular complexity index is 313. The number of ether oxygens (including phenoxy) is 2. The smallest absolute Gasteiger partial charge is 0.319 e. The topological polar surface area (TPSA) is 56.3 Å². The van der Waals surface area contributed by atoms with Gasteiger partial charge in [-0.3, -0.25) is 0 Å². The van der Waals surface area contributed by atoms with Gasteiger partial charge in [-0.15, -0.1) is 0 Å². The van der Waals surface area contributed by atoms with Crippen molar-refractivity contribution in [2.75, 3.05) is 20.2 Å². The molecule has 0 bridgehead atoms. The molecule has 0 aliphatic carbocycles. The zero-order valence-corrected chi connectivity index (χ0v) is 8.77. The molecule has 0 radical (unpaired) electrons. The highest BCUT2D eigenvalue weighted by Gasteiger charge is 2.15. The van der Waals surface area contributed by atoms with Crippen LogP contribution in [0.15, 0.2) is 12.3 Å². The number of rotatable bonds is 3. The minimum atomic E-state index is 0.172. The number of aromatic nitrogens is 2. The highest BCUT2D eigenvalue weighted by molar-refractivity contribution is 5.11. The number of piperidine rings is 1. The second kappa shape index (κ2) is 4.93. The standard InChI is InChI=1S/C10H15N3O2/c1-14-9-4-6-12-10(13-9)15-8-3-2-5-11-7-8/h4,6,8,11H,2-3,5,7H2,1H3. The van der Waals surface area contributed by atoms with Crippen molar-refractivity contribution in [2.24, 2.45) is 0 Å². The molecule has 1 aliphatic rings. The van der Waals surface area contributed by atoms with Crippen molar-refractivity contribution in [3.8, 4) is 11.9 Å². The number of nitrogens with zero attached hydrogens (tertiary/aromatic N) is 2. The third kappa shape index (κ3) is 2.79. The van der Waals surface area contributed by atoms with Gasteiger partial charge in [0.15, 0.2) is 0 Å². The van der Waals surface area contributed by atoms with E-state index >= 15 is 0 Å². The quantitative estimate of drug-likeness (QED) is 0.790. The van der Waals surface area contributed by atoms with Crippen LogP contribution >= 0.6 is 0 Å². The van der Waals surface area contributed by atoms with E-state index in [1.54, 1.807) is 19.4 Å². The monoisotopic (exact) mass is 209 g/mol. The van der Waals surface area contributed by atoms with Gasteiger partial charge in [0, 0.05) is 18.8 Å². The molecule has 1 fully saturated rings. The Morgan fingerprint density at radius 1 is 1.53 bits per heavy atom. The Balaban J connectivity index is 1.96. The molecule has 1 aromatic rings. The van der Waals surface area contributed by atoms with E-state index < -0.39 is 0 Å². The molecule has 0 amide bonds. The predicted molar refractivity (Wildman–Crippen MR) is 55.1 cm³/mol. The molecular formula is C10H15N3O2. The molecule has 1 unspecified atom stereocenters. The fourth-order valence-electron chi connectivity index (χ4n) is 1.57. The van der Waals surface area contributed by atoms with Gasteiger partial charge in [0.25, 0.3) is 0 Å². The zero-order valence-electron chi connectivity index (χ0n) is 8.77. The van der Waals surface area contributed by atoms with Crippen LogP contribution in [0, 0.1) is 0 Å². The van der Waals surface area contributed by atoms with E-state index in [1.807, 2.05) is 0 Å². The largest absolute Gasteiger partial charge is 0.481 e. The lowest BCUT2D eigenvalue weighted by molar-refractivity contribution is 0.152. The Hall–Kier alpha value is -1.36. The summed E-state index contributed by atoms with van der Waals surface area (Å²) in [6.45, 7) is 1.93. The molecule has 82 valence electrons. The van der Waals surface area contributed by atoms with E-state index in [1.165, 1.54) is 0 Å². The molecule has 1 saturated heterocycles. The fourth-order valence-corrected chi connectivity index (χ4v) is 1.57. The summed E-state index contributed by atoms with van der Waals surface area (Å²) in [4.78, 5) is 8.14. The van der Waals surface area contributed by atoms with E-state index in [0.717, 1.165) is 25.9 Å². The van der Waals surface area contributed by atoms with Crippen molar-refractivity contribution >= 4 is 0 Å². The molecule has 2 rings (SSSR count). The molecule has 1 N–H and O–H groups in total. The summed E-state index contributed by atoms with van der Waals surface area (Å²) in [6, 6.07) is 2.09. The van der Waals surface area contributed by atoms with E-state index in [2.05, 4.69) is 15.3 Å². The molecule has 1 atom stereocenters. The summed E-state index contributed by atoms with van der Waals surface area (Å²) >= 11 is 0. The molecule has 5 nitrogen and oxygen atoms in total. The highest BCUT2D eigenvalue weighted by Crippen LogP contribution is 2.13. The molecule has 0 aromatic carbocycles. The van der Waals surface area contributed by atoms with E-state index in [4.69, 9.17) is 9.47 Å².